The van der Waals surface area contributed by atoms with Crippen LogP contribution in [-0.2, 0) is 11.8 Å². The van der Waals surface area contributed by atoms with E-state index in [1.165, 1.54) is 11.0 Å². The van der Waals surface area contributed by atoms with Gasteiger partial charge in [0.25, 0.3) is 6.33 Å². The Morgan fingerprint density at radius 1 is 1.40 bits per heavy atom. The smallest absolute Gasteiger partial charge is 0.511 e. The van der Waals surface area contributed by atoms with Gasteiger partial charge in [-0.3, -0.25) is 0 Å². The van der Waals surface area contributed by atoms with E-state index in [-0.39, 0.29) is 24.6 Å². The molecule has 0 bridgehead atoms. The van der Waals surface area contributed by atoms with E-state index in [9.17, 15) is 4.79 Å². The molecule has 1 aliphatic rings. The predicted octanol–water partition coefficient (Wildman–Crippen LogP) is -0.238. The van der Waals surface area contributed by atoms with E-state index < -0.39 is 0 Å². The molecule has 1 saturated carbocycles. The number of nitrogens with zero attached hydrogens (tertiary/aromatic N) is 2. The Morgan fingerprint density at radius 2 is 2.10 bits per heavy atom. The minimum atomic E-state index is -0.259. The van der Waals surface area contributed by atoms with Crippen LogP contribution in [0.4, 0.5) is 4.79 Å². The van der Waals surface area contributed by atoms with Crippen molar-refractivity contribution in [2.45, 2.75) is 46.1 Å². The average Bonchev–Trinajstić information content (AvgIpc) is 2.75. The van der Waals surface area contributed by atoms with Gasteiger partial charge in [-0.25, -0.2) is 4.57 Å². The fourth-order valence-electron chi connectivity index (χ4n) is 3.00. The molecule has 2 rings (SSSR count). The lowest BCUT2D eigenvalue weighted by molar-refractivity contribution is -0.670. The quantitative estimate of drug-likeness (QED) is 0.707. The van der Waals surface area contributed by atoms with Gasteiger partial charge in [0.05, 0.1) is 7.05 Å². The van der Waals surface area contributed by atoms with Gasteiger partial charge in [0.2, 0.25) is 0 Å². The van der Waals surface area contributed by atoms with Gasteiger partial charge in [-0.15, -0.1) is 4.57 Å². The summed E-state index contributed by atoms with van der Waals surface area (Å²) in [5.74, 6) is 1.70. The Kier molecular flexibility index (Phi) is 6.06. The van der Waals surface area contributed by atoms with Gasteiger partial charge in [-0.2, -0.15) is 4.79 Å². The summed E-state index contributed by atoms with van der Waals surface area (Å²) in [6.07, 6.45) is 8.50. The Hall–Kier alpha value is -1.03. The molecular formula is C15H25ClN2O2. The highest BCUT2D eigenvalue weighted by atomic mass is 35.5. The largest absolute Gasteiger partial charge is 1.00 e. The zero-order valence-corrected chi connectivity index (χ0v) is 13.5. The molecule has 0 aromatic carbocycles. The normalized spacial score (nSPS) is 26.1. The number of imidazole rings is 1. The first kappa shape index (κ1) is 17.0. The Labute approximate surface area is 127 Å². The molecule has 0 radical (unpaired) electrons. The molecule has 20 heavy (non-hydrogen) atoms. The van der Waals surface area contributed by atoms with Crippen LogP contribution < -0.4 is 17.0 Å². The molecule has 0 N–H and O–H groups in total. The van der Waals surface area contributed by atoms with Crippen molar-refractivity contribution < 1.29 is 26.5 Å². The maximum absolute atomic E-state index is 12.1. The van der Waals surface area contributed by atoms with Crippen LogP contribution in [0, 0.1) is 17.8 Å². The second-order valence-corrected chi connectivity index (χ2v) is 6.23. The van der Waals surface area contributed by atoms with Crippen molar-refractivity contribution in [3.05, 3.63) is 18.7 Å². The number of hydrogen-bond donors (Lipinski definition) is 0. The lowest BCUT2D eigenvalue weighted by Gasteiger charge is -2.35. The standard InChI is InChI=1S/C15H25N2O2.ClH/c1-11(2)13-6-5-12(3)9-14(13)19-15(18)17-8-7-16(4)10-17;/h7-8,10-14H,5-6,9H2,1-4H3;1H/q+1;/p-1/t12-,13+,14-;/m1./s1. The van der Waals surface area contributed by atoms with Crippen LogP contribution in [0.3, 0.4) is 0 Å². The van der Waals surface area contributed by atoms with E-state index in [0.29, 0.717) is 17.8 Å². The fourth-order valence-corrected chi connectivity index (χ4v) is 3.00. The zero-order valence-electron chi connectivity index (χ0n) is 12.8. The second-order valence-electron chi connectivity index (χ2n) is 6.23. The molecule has 114 valence electrons. The van der Waals surface area contributed by atoms with E-state index >= 15 is 0 Å². The SMILES string of the molecule is CC(C)[C@@H]1CC[C@@H](C)C[C@H]1OC(=O)n1cc[n+](C)c1.[Cl-]. The first-order valence-corrected chi connectivity index (χ1v) is 7.21. The number of carbonyl (C=O) groups excluding carboxylic acids is 1. The number of aryl methyl sites for hydroxylation is 1. The van der Waals surface area contributed by atoms with Gasteiger partial charge in [0.1, 0.15) is 18.5 Å². The number of rotatable bonds is 2. The molecule has 3 atom stereocenters. The molecule has 1 fully saturated rings. The monoisotopic (exact) mass is 300 g/mol. The average molecular weight is 301 g/mol. The van der Waals surface area contributed by atoms with Crippen molar-refractivity contribution in [3.8, 4) is 0 Å². The van der Waals surface area contributed by atoms with Crippen LogP contribution in [-0.4, -0.2) is 16.8 Å². The predicted molar refractivity (Wildman–Crippen MR) is 72.6 cm³/mol. The van der Waals surface area contributed by atoms with Crippen molar-refractivity contribution in [2.75, 3.05) is 0 Å². The molecule has 1 heterocycles. The molecule has 0 amide bonds. The molecule has 0 saturated heterocycles. The Bertz CT molecular complexity index is 445. The molecular weight excluding hydrogens is 276 g/mol. The van der Waals surface area contributed by atoms with Gasteiger partial charge >= 0.3 is 6.09 Å². The maximum Gasteiger partial charge on any atom is 0.511 e. The zero-order chi connectivity index (χ0) is 14.0. The minimum Gasteiger partial charge on any atom is -1.00 e. The van der Waals surface area contributed by atoms with E-state index in [4.69, 9.17) is 4.74 Å². The van der Waals surface area contributed by atoms with Crippen LogP contribution in [0.25, 0.3) is 0 Å². The highest BCUT2D eigenvalue weighted by Gasteiger charge is 2.34. The highest BCUT2D eigenvalue weighted by molar-refractivity contribution is 5.70. The third-order valence-corrected chi connectivity index (χ3v) is 4.19. The first-order valence-electron chi connectivity index (χ1n) is 7.21. The lowest BCUT2D eigenvalue weighted by atomic mass is 9.75. The van der Waals surface area contributed by atoms with Crippen LogP contribution in [0.15, 0.2) is 18.7 Å². The van der Waals surface area contributed by atoms with Crippen LogP contribution in [0.2, 0.25) is 0 Å². The number of carbonyl (C=O) groups is 1. The first-order chi connectivity index (χ1) is 8.97. The molecule has 1 aromatic rings. The third-order valence-electron chi connectivity index (χ3n) is 4.19. The summed E-state index contributed by atoms with van der Waals surface area (Å²) in [5.41, 5.74) is 0. The molecule has 1 aliphatic carbocycles. The Morgan fingerprint density at radius 3 is 2.65 bits per heavy atom. The fraction of sp³-hybridized carbons (Fsp3) is 0.733. The number of ether oxygens (including phenoxy) is 1. The summed E-state index contributed by atoms with van der Waals surface area (Å²) < 4.78 is 9.09. The van der Waals surface area contributed by atoms with Gasteiger partial charge in [-0.1, -0.05) is 27.2 Å². The van der Waals surface area contributed by atoms with Crippen molar-refractivity contribution in [1.82, 2.24) is 4.57 Å². The number of halogens is 1. The summed E-state index contributed by atoms with van der Waals surface area (Å²) in [5, 5.41) is 0. The number of aromatic nitrogens is 2. The summed E-state index contributed by atoms with van der Waals surface area (Å²) in [7, 11) is 1.89. The summed E-state index contributed by atoms with van der Waals surface area (Å²) in [6, 6.07) is 0. The van der Waals surface area contributed by atoms with Crippen molar-refractivity contribution >= 4 is 6.09 Å². The lowest BCUT2D eigenvalue weighted by Crippen LogP contribution is -3.00. The van der Waals surface area contributed by atoms with Crippen LogP contribution in [0.1, 0.15) is 40.0 Å². The van der Waals surface area contributed by atoms with E-state index in [1.54, 1.807) is 12.5 Å². The summed E-state index contributed by atoms with van der Waals surface area (Å²) in [6.45, 7) is 6.68. The van der Waals surface area contributed by atoms with E-state index in [2.05, 4.69) is 20.8 Å². The van der Waals surface area contributed by atoms with Gasteiger partial charge < -0.3 is 17.1 Å². The molecule has 0 spiro atoms. The van der Waals surface area contributed by atoms with Crippen molar-refractivity contribution in [1.29, 1.82) is 0 Å². The summed E-state index contributed by atoms with van der Waals surface area (Å²) in [4.78, 5) is 12.1. The molecule has 0 unspecified atom stereocenters. The Balaban J connectivity index is 0.00000200. The highest BCUT2D eigenvalue weighted by Crippen LogP contribution is 2.35. The number of hydrogen-bond acceptors (Lipinski definition) is 2. The van der Waals surface area contributed by atoms with Gasteiger partial charge in [0, 0.05) is 0 Å². The second kappa shape index (κ2) is 7.11. The van der Waals surface area contributed by atoms with Crippen molar-refractivity contribution in [3.63, 3.8) is 0 Å². The molecule has 1 aromatic heterocycles. The van der Waals surface area contributed by atoms with Gasteiger partial charge in [0.15, 0.2) is 0 Å². The van der Waals surface area contributed by atoms with Gasteiger partial charge in [-0.05, 0) is 30.6 Å². The van der Waals surface area contributed by atoms with E-state index in [1.807, 2.05) is 17.8 Å². The summed E-state index contributed by atoms with van der Waals surface area (Å²) >= 11 is 0. The molecule has 4 nitrogen and oxygen atoms in total. The van der Waals surface area contributed by atoms with Crippen LogP contribution >= 0.6 is 0 Å². The van der Waals surface area contributed by atoms with Crippen LogP contribution in [0.5, 0.6) is 0 Å². The molecule has 5 heteroatoms. The maximum atomic E-state index is 12.1. The minimum absolute atomic E-state index is 0. The van der Waals surface area contributed by atoms with E-state index in [0.717, 1.165) is 12.8 Å². The molecule has 0 aliphatic heterocycles. The topological polar surface area (TPSA) is 35.1 Å². The van der Waals surface area contributed by atoms with Crippen molar-refractivity contribution in [2.24, 2.45) is 24.8 Å². The third kappa shape index (κ3) is 3.98.